The Morgan fingerprint density at radius 2 is 2.06 bits per heavy atom. The van der Waals surface area contributed by atoms with Crippen molar-refractivity contribution in [3.05, 3.63) is 47.5 Å². The van der Waals surface area contributed by atoms with Gasteiger partial charge in [0.1, 0.15) is 5.03 Å². The van der Waals surface area contributed by atoms with Crippen molar-refractivity contribution in [3.63, 3.8) is 0 Å². The van der Waals surface area contributed by atoms with Crippen LogP contribution in [0.15, 0.2) is 41.8 Å². The van der Waals surface area contributed by atoms with Crippen LogP contribution in [-0.2, 0) is 4.79 Å². The van der Waals surface area contributed by atoms with Crippen molar-refractivity contribution in [2.45, 2.75) is 0 Å². The van der Waals surface area contributed by atoms with Crippen molar-refractivity contribution in [1.82, 2.24) is 9.97 Å². The molecule has 5 heteroatoms. The first-order chi connectivity index (χ1) is 8.16. The first kappa shape index (κ1) is 11.4. The Hall–Kier alpha value is -2.07. The Bertz CT molecular complexity index is 561. The van der Waals surface area contributed by atoms with E-state index in [1.165, 1.54) is 6.08 Å². The molecule has 0 radical (unpaired) electrons. The highest BCUT2D eigenvalue weighted by atomic mass is 35.5. The number of nitrogens with one attached hydrogen (secondary N) is 1. The summed E-state index contributed by atoms with van der Waals surface area (Å²) in [7, 11) is 0. The maximum Gasteiger partial charge on any atom is 0.347 e. The summed E-state index contributed by atoms with van der Waals surface area (Å²) in [4.78, 5) is 17.4. The van der Waals surface area contributed by atoms with E-state index in [0.29, 0.717) is 5.69 Å². The molecule has 2 aromatic rings. The second-order valence-electron chi connectivity index (χ2n) is 3.38. The normalized spacial score (nSPS) is 11.5. The number of carboxylic acids is 1. The molecule has 0 aliphatic carbocycles. The first-order valence-corrected chi connectivity index (χ1v) is 5.24. The Balaban J connectivity index is 2.29. The predicted octanol–water partition coefficient (Wildman–Crippen LogP) is 2.74. The minimum absolute atomic E-state index is 0.229. The Kier molecular flexibility index (Phi) is 3.25. The molecule has 2 aromatic heterocycles. The highest BCUT2D eigenvalue weighted by molar-refractivity contribution is 6.42. The van der Waals surface area contributed by atoms with Crippen LogP contribution in [0.1, 0.15) is 5.69 Å². The quantitative estimate of drug-likeness (QED) is 0.821. The lowest BCUT2D eigenvalue weighted by Gasteiger charge is -1.93. The lowest BCUT2D eigenvalue weighted by Crippen LogP contribution is -1.92. The average Bonchev–Trinajstić information content (AvgIpc) is 2.78. The first-order valence-electron chi connectivity index (χ1n) is 4.86. The van der Waals surface area contributed by atoms with Crippen molar-refractivity contribution < 1.29 is 9.90 Å². The van der Waals surface area contributed by atoms with Gasteiger partial charge in [0.05, 0.1) is 0 Å². The topological polar surface area (TPSA) is 66.0 Å². The predicted molar refractivity (Wildman–Crippen MR) is 65.5 cm³/mol. The lowest BCUT2D eigenvalue weighted by molar-refractivity contribution is -0.131. The number of nitrogens with zero attached hydrogens (tertiary/aromatic N) is 1. The number of hydrogen-bond donors (Lipinski definition) is 2. The van der Waals surface area contributed by atoms with Crippen LogP contribution in [0.3, 0.4) is 0 Å². The van der Waals surface area contributed by atoms with Gasteiger partial charge in [0.25, 0.3) is 0 Å². The van der Waals surface area contributed by atoms with E-state index in [1.807, 2.05) is 18.2 Å². The molecule has 0 aliphatic rings. The van der Waals surface area contributed by atoms with Crippen LogP contribution in [0, 0.1) is 0 Å². The molecule has 0 aliphatic heterocycles. The molecule has 86 valence electrons. The highest BCUT2D eigenvalue weighted by Gasteiger charge is 2.05. The number of aromatic nitrogens is 2. The minimum Gasteiger partial charge on any atom is -0.477 e. The van der Waals surface area contributed by atoms with Gasteiger partial charge in [0, 0.05) is 24.3 Å². The van der Waals surface area contributed by atoms with Crippen LogP contribution in [-0.4, -0.2) is 21.0 Å². The molecular weight excluding hydrogens is 240 g/mol. The van der Waals surface area contributed by atoms with Crippen LogP contribution in [0.25, 0.3) is 17.2 Å². The Morgan fingerprint density at radius 1 is 1.35 bits per heavy atom. The SMILES string of the molecule is O=C(O)/C(Cl)=C/c1cc(-c2ccncc2)c[nH]1. The molecule has 0 fully saturated rings. The number of H-pyrrole nitrogens is 1. The maximum absolute atomic E-state index is 10.6. The van der Waals surface area contributed by atoms with E-state index >= 15 is 0 Å². The average molecular weight is 249 g/mol. The molecule has 2 rings (SSSR count). The van der Waals surface area contributed by atoms with Gasteiger partial charge in [-0.2, -0.15) is 0 Å². The van der Waals surface area contributed by atoms with Gasteiger partial charge in [-0.05, 0) is 35.4 Å². The number of halogens is 1. The molecule has 0 saturated carbocycles. The Labute approximate surface area is 103 Å². The molecule has 2 heterocycles. The van der Waals surface area contributed by atoms with Gasteiger partial charge in [0.15, 0.2) is 0 Å². The number of rotatable bonds is 3. The standard InChI is InChI=1S/C12H9ClN2O2/c13-11(12(16)17)6-10-5-9(7-15-10)8-1-3-14-4-2-8/h1-7,15H,(H,16,17)/b11-6-. The second-order valence-corrected chi connectivity index (χ2v) is 3.78. The van der Waals surface area contributed by atoms with E-state index in [0.717, 1.165) is 11.1 Å². The number of hydrogen-bond acceptors (Lipinski definition) is 2. The third-order valence-corrected chi connectivity index (χ3v) is 2.48. The third kappa shape index (κ3) is 2.73. The number of pyridine rings is 1. The molecule has 2 N–H and O–H groups in total. The summed E-state index contributed by atoms with van der Waals surface area (Å²) in [5.41, 5.74) is 2.60. The molecule has 0 unspecified atom stereocenters. The molecule has 0 aromatic carbocycles. The third-order valence-electron chi connectivity index (χ3n) is 2.21. The summed E-state index contributed by atoms with van der Waals surface area (Å²) in [5.74, 6) is -1.15. The van der Waals surface area contributed by atoms with E-state index in [-0.39, 0.29) is 5.03 Å². The Morgan fingerprint density at radius 3 is 2.71 bits per heavy atom. The number of aliphatic carboxylic acids is 1. The summed E-state index contributed by atoms with van der Waals surface area (Å²) in [6, 6.07) is 5.56. The van der Waals surface area contributed by atoms with Crippen LogP contribution in [0.4, 0.5) is 0 Å². The summed E-state index contributed by atoms with van der Waals surface area (Å²) in [6.07, 6.45) is 6.55. The molecule has 0 bridgehead atoms. The fraction of sp³-hybridized carbons (Fsp3) is 0. The molecule has 4 nitrogen and oxygen atoms in total. The zero-order valence-corrected chi connectivity index (χ0v) is 9.48. The van der Waals surface area contributed by atoms with Crippen molar-refractivity contribution in [1.29, 1.82) is 0 Å². The molecule has 0 saturated heterocycles. The minimum atomic E-state index is -1.15. The number of aromatic amines is 1. The molecule has 17 heavy (non-hydrogen) atoms. The smallest absolute Gasteiger partial charge is 0.347 e. The van der Waals surface area contributed by atoms with E-state index in [4.69, 9.17) is 16.7 Å². The highest BCUT2D eigenvalue weighted by Crippen LogP contribution is 2.20. The molecule has 0 spiro atoms. The maximum atomic E-state index is 10.6. The van der Waals surface area contributed by atoms with E-state index in [1.54, 1.807) is 18.6 Å². The van der Waals surface area contributed by atoms with E-state index < -0.39 is 5.97 Å². The van der Waals surface area contributed by atoms with Crippen molar-refractivity contribution >= 4 is 23.6 Å². The van der Waals surface area contributed by atoms with Crippen LogP contribution in [0.2, 0.25) is 0 Å². The van der Waals surface area contributed by atoms with Gasteiger partial charge >= 0.3 is 5.97 Å². The molecular formula is C12H9ClN2O2. The summed E-state index contributed by atoms with van der Waals surface area (Å²) >= 11 is 5.54. The van der Waals surface area contributed by atoms with Crippen LogP contribution >= 0.6 is 11.6 Å². The van der Waals surface area contributed by atoms with Crippen LogP contribution < -0.4 is 0 Å². The number of carbonyl (C=O) groups is 1. The number of carboxylic acid groups (broad SMARTS) is 1. The summed E-state index contributed by atoms with van der Waals surface area (Å²) < 4.78 is 0. The van der Waals surface area contributed by atoms with Gasteiger partial charge in [0.2, 0.25) is 0 Å². The van der Waals surface area contributed by atoms with E-state index in [9.17, 15) is 4.79 Å². The van der Waals surface area contributed by atoms with Crippen LogP contribution in [0.5, 0.6) is 0 Å². The fourth-order valence-corrected chi connectivity index (χ4v) is 1.52. The van der Waals surface area contributed by atoms with Gasteiger partial charge < -0.3 is 10.1 Å². The molecule has 0 amide bonds. The van der Waals surface area contributed by atoms with Gasteiger partial charge in [-0.1, -0.05) is 11.6 Å². The van der Waals surface area contributed by atoms with Crippen molar-refractivity contribution in [2.24, 2.45) is 0 Å². The molecule has 0 atom stereocenters. The van der Waals surface area contributed by atoms with Crippen molar-refractivity contribution in [2.75, 3.05) is 0 Å². The van der Waals surface area contributed by atoms with E-state index in [2.05, 4.69) is 9.97 Å². The second kappa shape index (κ2) is 4.84. The monoisotopic (exact) mass is 248 g/mol. The fourth-order valence-electron chi connectivity index (χ4n) is 1.40. The zero-order valence-electron chi connectivity index (χ0n) is 8.72. The van der Waals surface area contributed by atoms with Gasteiger partial charge in [-0.15, -0.1) is 0 Å². The van der Waals surface area contributed by atoms with Crippen molar-refractivity contribution in [3.8, 4) is 11.1 Å². The van der Waals surface area contributed by atoms with Gasteiger partial charge in [-0.25, -0.2) is 4.79 Å². The largest absolute Gasteiger partial charge is 0.477 e. The lowest BCUT2D eigenvalue weighted by atomic mass is 10.1. The summed E-state index contributed by atoms with van der Waals surface area (Å²) in [5, 5.41) is 8.42. The zero-order chi connectivity index (χ0) is 12.3. The summed E-state index contributed by atoms with van der Waals surface area (Å²) in [6.45, 7) is 0. The van der Waals surface area contributed by atoms with Gasteiger partial charge in [-0.3, -0.25) is 4.98 Å².